The Morgan fingerprint density at radius 2 is 1.71 bits per heavy atom. The molecule has 0 aromatic carbocycles. The lowest BCUT2D eigenvalue weighted by Gasteiger charge is -2.35. The van der Waals surface area contributed by atoms with Crippen LogP contribution in [-0.4, -0.2) is 58.9 Å². The fraction of sp³-hybridized carbons (Fsp3) is 0.800. The molecular weight excluding hydrogens is 272 g/mol. The van der Waals surface area contributed by atoms with Gasteiger partial charge in [-0.3, -0.25) is 14.4 Å². The lowest BCUT2D eigenvalue weighted by molar-refractivity contribution is -0.155. The first-order valence-corrected chi connectivity index (χ1v) is 7.59. The molecule has 0 aromatic rings. The molecule has 0 radical (unpaired) electrons. The molecule has 2 aliphatic rings. The van der Waals surface area contributed by atoms with Crippen molar-refractivity contribution in [2.45, 2.75) is 45.6 Å². The Kier molecular flexibility index (Phi) is 4.25. The van der Waals surface area contributed by atoms with E-state index < -0.39 is 11.4 Å². The molecule has 0 spiro atoms. The smallest absolute Gasteiger partial charge is 0.319 e. The number of carbonyl (C=O) groups excluding carboxylic acids is 2. The lowest BCUT2D eigenvalue weighted by atomic mass is 9.93. The number of carboxylic acid groups (broad SMARTS) is 1. The standard InChI is InChI=1S/C15H24N2O4/c1-10(2)16(3)12(18)11-4-8-17(9-5-11)13(19)15(6-7-15)14(20)21/h10-11H,4-9H2,1-3H3,(H,20,21). The van der Waals surface area contributed by atoms with Gasteiger partial charge in [-0.15, -0.1) is 0 Å². The minimum atomic E-state index is -1.16. The third-order valence-corrected chi connectivity index (χ3v) is 4.82. The molecule has 6 heteroatoms. The predicted octanol–water partition coefficient (Wildman–Crippen LogP) is 0.957. The molecule has 0 bridgehead atoms. The third kappa shape index (κ3) is 2.89. The van der Waals surface area contributed by atoms with Crippen molar-refractivity contribution in [2.75, 3.05) is 20.1 Å². The molecule has 1 saturated heterocycles. The highest BCUT2D eigenvalue weighted by molar-refractivity contribution is 6.04. The maximum atomic E-state index is 12.3. The van der Waals surface area contributed by atoms with Crippen LogP contribution in [0.2, 0.25) is 0 Å². The summed E-state index contributed by atoms with van der Waals surface area (Å²) >= 11 is 0. The number of hydrogen-bond acceptors (Lipinski definition) is 3. The fourth-order valence-corrected chi connectivity index (χ4v) is 2.82. The van der Waals surface area contributed by atoms with Gasteiger partial charge in [-0.2, -0.15) is 0 Å². The van der Waals surface area contributed by atoms with E-state index in [0.29, 0.717) is 38.8 Å². The van der Waals surface area contributed by atoms with E-state index in [0.717, 1.165) is 0 Å². The zero-order valence-corrected chi connectivity index (χ0v) is 13.0. The number of nitrogens with zero attached hydrogens (tertiary/aromatic N) is 2. The summed E-state index contributed by atoms with van der Waals surface area (Å²) in [6.07, 6.45) is 2.13. The van der Waals surface area contributed by atoms with Crippen molar-refractivity contribution < 1.29 is 19.5 Å². The normalized spacial score (nSPS) is 21.2. The summed E-state index contributed by atoms with van der Waals surface area (Å²) in [6, 6.07) is 0.166. The maximum Gasteiger partial charge on any atom is 0.319 e. The lowest BCUT2D eigenvalue weighted by Crippen LogP contribution is -2.48. The number of amides is 2. The highest BCUT2D eigenvalue weighted by Crippen LogP contribution is 2.47. The van der Waals surface area contributed by atoms with Crippen molar-refractivity contribution in [3.8, 4) is 0 Å². The van der Waals surface area contributed by atoms with Crippen molar-refractivity contribution in [1.29, 1.82) is 0 Å². The highest BCUT2D eigenvalue weighted by Gasteiger charge is 2.58. The first kappa shape index (κ1) is 15.8. The van der Waals surface area contributed by atoms with E-state index in [-0.39, 0.29) is 23.8 Å². The van der Waals surface area contributed by atoms with Gasteiger partial charge in [-0.05, 0) is 39.5 Å². The van der Waals surface area contributed by atoms with Gasteiger partial charge in [-0.25, -0.2) is 0 Å². The van der Waals surface area contributed by atoms with Crippen LogP contribution >= 0.6 is 0 Å². The zero-order chi connectivity index (χ0) is 15.8. The van der Waals surface area contributed by atoms with E-state index in [1.54, 1.807) is 16.8 Å². The van der Waals surface area contributed by atoms with Gasteiger partial charge in [0.25, 0.3) is 0 Å². The van der Waals surface area contributed by atoms with Crippen LogP contribution in [0.1, 0.15) is 39.5 Å². The van der Waals surface area contributed by atoms with Crippen LogP contribution in [0.5, 0.6) is 0 Å². The Morgan fingerprint density at radius 1 is 1.19 bits per heavy atom. The second-order valence-corrected chi connectivity index (χ2v) is 6.50. The fourth-order valence-electron chi connectivity index (χ4n) is 2.82. The van der Waals surface area contributed by atoms with Gasteiger partial charge in [0.1, 0.15) is 5.41 Å². The molecule has 2 amide bonds. The van der Waals surface area contributed by atoms with E-state index >= 15 is 0 Å². The molecule has 1 aliphatic carbocycles. The van der Waals surface area contributed by atoms with Gasteiger partial charge in [-0.1, -0.05) is 0 Å². The summed E-state index contributed by atoms with van der Waals surface area (Å²) in [5.41, 5.74) is -1.16. The van der Waals surface area contributed by atoms with Gasteiger partial charge in [0.05, 0.1) is 0 Å². The number of carbonyl (C=O) groups is 3. The van der Waals surface area contributed by atoms with Gasteiger partial charge >= 0.3 is 5.97 Å². The Balaban J connectivity index is 1.91. The molecule has 118 valence electrons. The molecule has 6 nitrogen and oxygen atoms in total. The van der Waals surface area contributed by atoms with Crippen LogP contribution < -0.4 is 0 Å². The second kappa shape index (κ2) is 5.66. The summed E-state index contributed by atoms with van der Waals surface area (Å²) < 4.78 is 0. The van der Waals surface area contributed by atoms with Crippen LogP contribution in [-0.2, 0) is 14.4 Å². The number of aliphatic carboxylic acids is 1. The van der Waals surface area contributed by atoms with E-state index in [4.69, 9.17) is 0 Å². The molecule has 1 heterocycles. The Hall–Kier alpha value is -1.59. The summed E-state index contributed by atoms with van der Waals surface area (Å²) in [4.78, 5) is 39.1. The largest absolute Gasteiger partial charge is 0.480 e. The summed E-state index contributed by atoms with van der Waals surface area (Å²) in [5, 5.41) is 9.17. The monoisotopic (exact) mass is 296 g/mol. The second-order valence-electron chi connectivity index (χ2n) is 6.50. The quantitative estimate of drug-likeness (QED) is 0.784. The van der Waals surface area contributed by atoms with E-state index in [1.807, 2.05) is 13.8 Å². The van der Waals surface area contributed by atoms with Crippen LogP contribution in [0.3, 0.4) is 0 Å². The van der Waals surface area contributed by atoms with Crippen LogP contribution in [0.25, 0.3) is 0 Å². The van der Waals surface area contributed by atoms with Crippen LogP contribution in [0, 0.1) is 11.3 Å². The van der Waals surface area contributed by atoms with E-state index in [1.165, 1.54) is 0 Å². The number of piperidine rings is 1. The molecule has 1 aliphatic heterocycles. The van der Waals surface area contributed by atoms with Crippen molar-refractivity contribution in [2.24, 2.45) is 11.3 Å². The molecule has 1 N–H and O–H groups in total. The molecule has 21 heavy (non-hydrogen) atoms. The number of hydrogen-bond donors (Lipinski definition) is 1. The molecule has 0 atom stereocenters. The third-order valence-electron chi connectivity index (χ3n) is 4.82. The predicted molar refractivity (Wildman–Crippen MR) is 76.5 cm³/mol. The number of carboxylic acids is 1. The molecule has 2 rings (SSSR count). The molecule has 0 unspecified atom stereocenters. The van der Waals surface area contributed by atoms with Crippen molar-refractivity contribution >= 4 is 17.8 Å². The molecular formula is C15H24N2O4. The minimum absolute atomic E-state index is 0.0542. The first-order valence-electron chi connectivity index (χ1n) is 7.59. The van der Waals surface area contributed by atoms with Crippen LogP contribution in [0.4, 0.5) is 0 Å². The Morgan fingerprint density at radius 3 is 2.10 bits per heavy atom. The zero-order valence-electron chi connectivity index (χ0n) is 13.0. The average molecular weight is 296 g/mol. The minimum Gasteiger partial charge on any atom is -0.480 e. The van der Waals surface area contributed by atoms with Crippen LogP contribution in [0.15, 0.2) is 0 Å². The average Bonchev–Trinajstić information content (AvgIpc) is 3.26. The Bertz CT molecular complexity index is 449. The van der Waals surface area contributed by atoms with Gasteiger partial charge in [0.15, 0.2) is 0 Å². The number of likely N-dealkylation sites (tertiary alicyclic amines) is 1. The molecule has 1 saturated carbocycles. The highest BCUT2D eigenvalue weighted by atomic mass is 16.4. The maximum absolute atomic E-state index is 12.3. The molecule has 2 fully saturated rings. The first-order chi connectivity index (χ1) is 9.79. The topological polar surface area (TPSA) is 77.9 Å². The van der Waals surface area contributed by atoms with Gasteiger partial charge in [0, 0.05) is 32.1 Å². The summed E-state index contributed by atoms with van der Waals surface area (Å²) in [6.45, 7) is 4.91. The SMILES string of the molecule is CC(C)N(C)C(=O)C1CCN(C(=O)C2(C(=O)O)CC2)CC1. The van der Waals surface area contributed by atoms with Crippen molar-refractivity contribution in [3.63, 3.8) is 0 Å². The van der Waals surface area contributed by atoms with E-state index in [9.17, 15) is 19.5 Å². The van der Waals surface area contributed by atoms with Gasteiger partial charge in [0.2, 0.25) is 11.8 Å². The van der Waals surface area contributed by atoms with Crippen molar-refractivity contribution in [3.05, 3.63) is 0 Å². The summed E-state index contributed by atoms with van der Waals surface area (Å²) in [7, 11) is 1.80. The number of rotatable bonds is 4. The van der Waals surface area contributed by atoms with Crippen molar-refractivity contribution in [1.82, 2.24) is 9.80 Å². The van der Waals surface area contributed by atoms with E-state index in [2.05, 4.69) is 0 Å². The van der Waals surface area contributed by atoms with Gasteiger partial charge < -0.3 is 14.9 Å². The Labute approximate surface area is 125 Å². The molecule has 0 aromatic heterocycles. The summed E-state index contributed by atoms with van der Waals surface area (Å²) in [5.74, 6) is -1.21.